The van der Waals surface area contributed by atoms with Crippen molar-refractivity contribution in [2.75, 3.05) is 7.05 Å². The van der Waals surface area contributed by atoms with Gasteiger partial charge < -0.3 is 4.79 Å². The van der Waals surface area contributed by atoms with E-state index in [0.717, 1.165) is 42.4 Å². The average Bonchev–Trinajstić information content (AvgIpc) is 3.03. The Balaban J connectivity index is 0.0000101. The molecule has 0 aliphatic rings. The van der Waals surface area contributed by atoms with E-state index >= 15 is 0 Å². The number of aliphatic imine (C=N–C) groups is 1. The zero-order valence-corrected chi connectivity index (χ0v) is 27.2. The molecule has 0 aliphatic carbocycles. The molecular formula is C41H55NO3. The van der Waals surface area contributed by atoms with E-state index in [1.165, 1.54) is 51.0 Å². The molecule has 45 heavy (non-hydrogen) atoms. The van der Waals surface area contributed by atoms with Crippen LogP contribution in [0.3, 0.4) is 0 Å². The molecule has 242 valence electrons. The molecule has 0 fully saturated rings. The largest absolute Gasteiger partial charge is 0.300 e. The molecule has 0 N–H and O–H groups in total. The smallest absolute Gasteiger partial charge is 0.228 e. The fraction of sp³-hybridized carbons (Fsp3) is 0.463. The SMILES string of the molecule is C.CCCCCCC/C=C\CCCCCCC(=O)c1ccc(C(/C=C\C(=O)C#CCc2cccc(CCC(C)=O)c2)=NC)cc1. The summed E-state index contributed by atoms with van der Waals surface area (Å²) in [7, 11) is 1.68. The van der Waals surface area contributed by atoms with Crippen molar-refractivity contribution >= 4 is 23.1 Å². The molecule has 4 heteroatoms. The van der Waals surface area contributed by atoms with E-state index in [1.807, 2.05) is 48.5 Å². The van der Waals surface area contributed by atoms with Gasteiger partial charge in [-0.15, -0.1) is 0 Å². The number of nitrogens with zero attached hydrogens (tertiary/aromatic N) is 1. The molecule has 2 aromatic carbocycles. The quantitative estimate of drug-likeness (QED) is 0.0269. The molecule has 0 radical (unpaired) electrons. The summed E-state index contributed by atoms with van der Waals surface area (Å²) in [6.45, 7) is 3.85. The molecule has 0 amide bonds. The van der Waals surface area contributed by atoms with Crippen LogP contribution >= 0.6 is 0 Å². The summed E-state index contributed by atoms with van der Waals surface area (Å²) in [5, 5.41) is 0. The first-order valence-electron chi connectivity index (χ1n) is 16.5. The molecule has 0 saturated carbocycles. The number of unbranched alkanes of at least 4 members (excludes halogenated alkanes) is 9. The Morgan fingerprint density at radius 2 is 1.38 bits per heavy atom. The minimum Gasteiger partial charge on any atom is -0.300 e. The standard InChI is InChI=1S/C40H51NO3.CH4/c1-4-5-6-7-8-9-10-11-12-13-14-15-16-23-40(44)37-28-26-36(27-29-37)39(41-3)31-30-38(43)22-18-21-34-19-17-20-35(32-34)25-24-33(2)42;/h10-11,17,19-20,26-32H,4-9,12-16,21,23-25H2,1-3H3;1H4/b11-10-,31-30-,41-39?;. The topological polar surface area (TPSA) is 63.6 Å². The van der Waals surface area contributed by atoms with Crippen molar-refractivity contribution in [1.82, 2.24) is 0 Å². The second kappa shape index (κ2) is 24.5. The molecule has 4 nitrogen and oxygen atoms in total. The fourth-order valence-electron chi connectivity index (χ4n) is 4.92. The Hall–Kier alpha value is -3.84. The summed E-state index contributed by atoms with van der Waals surface area (Å²) < 4.78 is 0. The van der Waals surface area contributed by atoms with Crippen LogP contribution in [0.4, 0.5) is 0 Å². The molecule has 0 spiro atoms. The lowest BCUT2D eigenvalue weighted by Gasteiger charge is -2.04. The zero-order valence-electron chi connectivity index (χ0n) is 27.2. The Labute approximate surface area is 273 Å². The maximum absolute atomic E-state index is 12.7. The predicted octanol–water partition coefficient (Wildman–Crippen LogP) is 10.1. The van der Waals surface area contributed by atoms with Gasteiger partial charge in [-0.25, -0.2) is 0 Å². The van der Waals surface area contributed by atoms with Gasteiger partial charge in [0, 0.05) is 31.9 Å². The van der Waals surface area contributed by atoms with Crippen molar-refractivity contribution in [1.29, 1.82) is 0 Å². The first kappa shape index (κ1) is 39.2. The number of aryl methyl sites for hydroxylation is 1. The molecule has 0 aromatic heterocycles. The maximum atomic E-state index is 12.7. The zero-order chi connectivity index (χ0) is 31.8. The van der Waals surface area contributed by atoms with Crippen LogP contribution < -0.4 is 0 Å². The van der Waals surface area contributed by atoms with Crippen molar-refractivity contribution in [3.8, 4) is 11.8 Å². The number of ketones is 3. The van der Waals surface area contributed by atoms with Gasteiger partial charge in [0.25, 0.3) is 0 Å². The molecular weight excluding hydrogens is 554 g/mol. The second-order valence-corrected chi connectivity index (χ2v) is 11.4. The number of benzene rings is 2. The highest BCUT2D eigenvalue weighted by Crippen LogP contribution is 2.14. The summed E-state index contributed by atoms with van der Waals surface area (Å²) in [6.07, 6.45) is 23.4. The highest BCUT2D eigenvalue weighted by molar-refractivity contribution is 6.14. The summed E-state index contributed by atoms with van der Waals surface area (Å²) >= 11 is 0. The molecule has 0 aliphatic heterocycles. The number of hydrogen-bond donors (Lipinski definition) is 0. The van der Waals surface area contributed by atoms with Crippen molar-refractivity contribution < 1.29 is 14.4 Å². The Morgan fingerprint density at radius 1 is 0.756 bits per heavy atom. The number of hydrogen-bond acceptors (Lipinski definition) is 4. The number of Topliss-reactive ketones (excluding diaryl/α,β-unsaturated/α-hetero) is 2. The van der Waals surface area contributed by atoms with Crippen molar-refractivity contribution in [2.24, 2.45) is 4.99 Å². The average molecular weight is 610 g/mol. The maximum Gasteiger partial charge on any atom is 0.228 e. The third kappa shape index (κ3) is 17.9. The van der Waals surface area contributed by atoms with Gasteiger partial charge in [0.15, 0.2) is 5.78 Å². The van der Waals surface area contributed by atoms with E-state index in [-0.39, 0.29) is 24.8 Å². The Morgan fingerprint density at radius 3 is 2.02 bits per heavy atom. The van der Waals surface area contributed by atoms with Gasteiger partial charge in [-0.05, 0) is 80.2 Å². The van der Waals surface area contributed by atoms with Gasteiger partial charge in [0.2, 0.25) is 5.78 Å². The lowest BCUT2D eigenvalue weighted by molar-refractivity contribution is -0.117. The molecule has 0 saturated heterocycles. The molecule has 2 aromatic rings. The molecule has 0 unspecified atom stereocenters. The number of carbonyl (C=O) groups excluding carboxylic acids is 3. The van der Waals surface area contributed by atoms with Crippen LogP contribution in [0.2, 0.25) is 0 Å². The summed E-state index contributed by atoms with van der Waals surface area (Å²) in [5.74, 6) is 5.66. The summed E-state index contributed by atoms with van der Waals surface area (Å²) in [4.78, 5) is 40.5. The Kier molecular flexibility index (Phi) is 21.3. The van der Waals surface area contributed by atoms with E-state index in [2.05, 4.69) is 35.9 Å². The van der Waals surface area contributed by atoms with Crippen LogP contribution in [0.1, 0.15) is 132 Å². The van der Waals surface area contributed by atoms with E-state index in [4.69, 9.17) is 0 Å². The first-order valence-corrected chi connectivity index (χ1v) is 16.5. The van der Waals surface area contributed by atoms with Crippen molar-refractivity contribution in [3.05, 3.63) is 95.1 Å². The van der Waals surface area contributed by atoms with Crippen molar-refractivity contribution in [3.63, 3.8) is 0 Å². The number of carbonyl (C=O) groups is 3. The second-order valence-electron chi connectivity index (χ2n) is 11.4. The van der Waals surface area contributed by atoms with Gasteiger partial charge in [-0.2, -0.15) is 0 Å². The lowest BCUT2D eigenvalue weighted by Crippen LogP contribution is -2.02. The van der Waals surface area contributed by atoms with Crippen LogP contribution in [0.15, 0.2) is 77.8 Å². The van der Waals surface area contributed by atoms with Gasteiger partial charge in [0.05, 0.1) is 5.71 Å². The van der Waals surface area contributed by atoms with Gasteiger partial charge in [-0.1, -0.05) is 119 Å². The number of rotatable bonds is 21. The summed E-state index contributed by atoms with van der Waals surface area (Å²) in [5.41, 5.74) is 4.33. The summed E-state index contributed by atoms with van der Waals surface area (Å²) in [6, 6.07) is 15.4. The molecule has 0 atom stereocenters. The van der Waals surface area contributed by atoms with Gasteiger partial charge >= 0.3 is 0 Å². The van der Waals surface area contributed by atoms with Gasteiger partial charge in [0.1, 0.15) is 5.78 Å². The van der Waals surface area contributed by atoms with Crippen LogP contribution in [0.25, 0.3) is 0 Å². The molecule has 0 bridgehead atoms. The van der Waals surface area contributed by atoms with Crippen LogP contribution in [0.5, 0.6) is 0 Å². The molecule has 0 heterocycles. The highest BCUT2D eigenvalue weighted by atomic mass is 16.1. The van der Waals surface area contributed by atoms with E-state index in [9.17, 15) is 14.4 Å². The van der Waals surface area contributed by atoms with Crippen LogP contribution in [0, 0.1) is 11.8 Å². The minimum absolute atomic E-state index is 0. The third-order valence-electron chi connectivity index (χ3n) is 7.56. The van der Waals surface area contributed by atoms with Crippen LogP contribution in [-0.2, 0) is 22.4 Å². The van der Waals surface area contributed by atoms with E-state index in [0.29, 0.717) is 37.0 Å². The third-order valence-corrected chi connectivity index (χ3v) is 7.56. The minimum atomic E-state index is -0.292. The van der Waals surface area contributed by atoms with Gasteiger partial charge in [-0.3, -0.25) is 14.6 Å². The van der Waals surface area contributed by atoms with Crippen LogP contribution in [-0.4, -0.2) is 30.1 Å². The first-order chi connectivity index (χ1) is 21.4. The molecule has 2 rings (SSSR count). The monoisotopic (exact) mass is 609 g/mol. The predicted molar refractivity (Wildman–Crippen MR) is 191 cm³/mol. The van der Waals surface area contributed by atoms with Crippen molar-refractivity contribution in [2.45, 2.75) is 118 Å². The normalized spacial score (nSPS) is 11.3. The van der Waals surface area contributed by atoms with E-state index in [1.54, 1.807) is 20.0 Å². The fourth-order valence-corrected chi connectivity index (χ4v) is 4.92. The Bertz CT molecular complexity index is 1320. The highest BCUT2D eigenvalue weighted by Gasteiger charge is 2.07. The lowest BCUT2D eigenvalue weighted by atomic mass is 10.0. The number of allylic oxidation sites excluding steroid dienone is 4. The van der Waals surface area contributed by atoms with E-state index < -0.39 is 0 Å².